The fourth-order valence-electron chi connectivity index (χ4n) is 4.29. The number of carbonyl (C=O) groups is 1. The van der Waals surface area contributed by atoms with Gasteiger partial charge in [0, 0.05) is 33.6 Å². The van der Waals surface area contributed by atoms with Gasteiger partial charge in [-0.3, -0.25) is 9.78 Å². The number of hydrogen-bond acceptors (Lipinski definition) is 5. The molecule has 1 aliphatic carbocycles. The second-order valence-corrected chi connectivity index (χ2v) is 12.2. The van der Waals surface area contributed by atoms with E-state index in [9.17, 15) is 10.1 Å². The van der Waals surface area contributed by atoms with Gasteiger partial charge in [0.25, 0.3) is 5.91 Å². The van der Waals surface area contributed by atoms with E-state index in [1.165, 1.54) is 13.6 Å². The third kappa shape index (κ3) is 4.55. The lowest BCUT2D eigenvalue weighted by molar-refractivity contribution is 0.0959. The molecule has 0 radical (unpaired) electrons. The smallest absolute Gasteiger partial charge is 0.251 e. The van der Waals surface area contributed by atoms with E-state index in [0.717, 1.165) is 47.2 Å². The van der Waals surface area contributed by atoms with Gasteiger partial charge in [-0.25, -0.2) is 4.98 Å². The van der Waals surface area contributed by atoms with Crippen LogP contribution < -0.4 is 15.2 Å². The summed E-state index contributed by atoms with van der Waals surface area (Å²) in [4.78, 5) is 21.9. The van der Waals surface area contributed by atoms with Crippen molar-refractivity contribution in [1.29, 1.82) is 5.26 Å². The molecule has 1 aromatic carbocycles. The van der Waals surface area contributed by atoms with Crippen molar-refractivity contribution >= 4 is 51.6 Å². The molecule has 0 spiro atoms. The summed E-state index contributed by atoms with van der Waals surface area (Å²) in [7, 11) is 0. The van der Waals surface area contributed by atoms with Crippen molar-refractivity contribution in [2.75, 3.05) is 6.54 Å². The molecule has 33 heavy (non-hydrogen) atoms. The highest BCUT2D eigenvalue weighted by Gasteiger charge is 2.31. The summed E-state index contributed by atoms with van der Waals surface area (Å²) in [5.41, 5.74) is 3.34. The predicted octanol–water partition coefficient (Wildman–Crippen LogP) is 3.82. The summed E-state index contributed by atoms with van der Waals surface area (Å²) in [6.07, 6.45) is 9.66. The van der Waals surface area contributed by atoms with Gasteiger partial charge in [0.15, 0.2) is 0 Å². The number of nitriles is 1. The molecule has 0 saturated heterocycles. The lowest BCUT2D eigenvalue weighted by atomic mass is 9.78. The molecule has 5 nitrogen and oxygen atoms in total. The molecule has 3 aromatic rings. The van der Waals surface area contributed by atoms with Crippen LogP contribution in [0.3, 0.4) is 0 Å². The highest BCUT2D eigenvalue weighted by atomic mass is 127. The maximum Gasteiger partial charge on any atom is 0.251 e. The first-order valence-electron chi connectivity index (χ1n) is 11.0. The molecule has 166 valence electrons. The fraction of sp³-hybridized carbons (Fsp3) is 0.269. The van der Waals surface area contributed by atoms with E-state index in [1.54, 1.807) is 17.5 Å². The SMILES string of the molecule is C[C@@]1(C#N)CCCCc2ccc(C(=O)NCC3=IC=c4sc(-c5cccnc5)nc4=C3)cc21. The van der Waals surface area contributed by atoms with Crippen molar-refractivity contribution in [3.05, 3.63) is 69.3 Å². The van der Waals surface area contributed by atoms with Crippen LogP contribution in [0.5, 0.6) is 0 Å². The van der Waals surface area contributed by atoms with Gasteiger partial charge in [0.1, 0.15) is 5.01 Å². The normalized spacial score (nSPS) is 19.2. The van der Waals surface area contributed by atoms with Gasteiger partial charge in [-0.1, -0.05) is 33.2 Å². The largest absolute Gasteiger partial charge is 0.348 e. The number of nitrogens with one attached hydrogen (secondary N) is 1. The zero-order valence-corrected chi connectivity index (χ0v) is 21.2. The molecule has 1 N–H and O–H groups in total. The number of halogens is 1. The number of carbonyl (C=O) groups excluding carboxylic acids is 1. The Bertz CT molecular complexity index is 1420. The number of aromatic nitrogens is 2. The molecule has 1 aliphatic heterocycles. The molecular weight excluding hydrogens is 543 g/mol. The number of amides is 1. The van der Waals surface area contributed by atoms with Gasteiger partial charge >= 0.3 is 0 Å². The second kappa shape index (κ2) is 9.27. The minimum Gasteiger partial charge on any atom is -0.348 e. The number of rotatable bonds is 4. The zero-order chi connectivity index (χ0) is 22.8. The van der Waals surface area contributed by atoms with Gasteiger partial charge in [-0.15, -0.1) is 11.3 Å². The Labute approximate surface area is 206 Å². The zero-order valence-electron chi connectivity index (χ0n) is 18.3. The van der Waals surface area contributed by atoms with Crippen LogP contribution in [0.1, 0.15) is 47.7 Å². The summed E-state index contributed by atoms with van der Waals surface area (Å²) in [5.74, 6) is -0.0904. The average molecular weight is 566 g/mol. The number of hydrogen-bond donors (Lipinski definition) is 1. The third-order valence-corrected chi connectivity index (χ3v) is 10.1. The molecule has 0 fully saturated rings. The lowest BCUT2D eigenvalue weighted by Crippen LogP contribution is -2.32. The minimum atomic E-state index is -0.526. The topological polar surface area (TPSA) is 78.7 Å². The van der Waals surface area contributed by atoms with E-state index in [1.807, 2.05) is 43.5 Å². The number of fused-ring (bicyclic) bond motifs is 2. The maximum atomic E-state index is 13.0. The van der Waals surface area contributed by atoms with Gasteiger partial charge in [0.2, 0.25) is 0 Å². The monoisotopic (exact) mass is 566 g/mol. The average Bonchev–Trinajstić information content (AvgIpc) is 3.21. The number of thiazole rings is 1. The summed E-state index contributed by atoms with van der Waals surface area (Å²) in [6.45, 7) is 2.52. The third-order valence-electron chi connectivity index (χ3n) is 6.18. The van der Waals surface area contributed by atoms with Gasteiger partial charge in [-0.2, -0.15) is 5.26 Å². The van der Waals surface area contributed by atoms with Crippen molar-refractivity contribution in [2.24, 2.45) is 0 Å². The molecule has 7 heteroatoms. The van der Waals surface area contributed by atoms with Gasteiger partial charge < -0.3 is 5.32 Å². The van der Waals surface area contributed by atoms with Crippen LogP contribution in [0, 0.1) is 11.3 Å². The summed E-state index contributed by atoms with van der Waals surface area (Å²) in [6, 6.07) is 12.3. The van der Waals surface area contributed by atoms with E-state index in [0.29, 0.717) is 12.1 Å². The molecule has 0 unspecified atom stereocenters. The number of pyridine rings is 1. The molecule has 0 saturated carbocycles. The molecular formula is C26H23IN4OS. The number of aryl methyl sites for hydroxylation is 1. The second-order valence-electron chi connectivity index (χ2n) is 8.53. The summed E-state index contributed by atoms with van der Waals surface area (Å²) < 4.78 is 4.72. The van der Waals surface area contributed by atoms with Crippen LogP contribution in [0.25, 0.3) is 20.7 Å². The van der Waals surface area contributed by atoms with Crippen LogP contribution >= 0.6 is 32.1 Å². The highest BCUT2D eigenvalue weighted by molar-refractivity contribution is 14.2. The van der Waals surface area contributed by atoms with Gasteiger partial charge in [0.05, 0.1) is 21.4 Å². The molecule has 1 atom stereocenters. The minimum absolute atomic E-state index is 0.0904. The van der Waals surface area contributed by atoms with Crippen LogP contribution in [-0.2, 0) is 11.8 Å². The Hall–Kier alpha value is -2.70. The first-order chi connectivity index (χ1) is 16.1. The molecule has 5 rings (SSSR count). The number of nitrogens with zero attached hydrogens (tertiary/aromatic N) is 3. The Balaban J connectivity index is 1.32. The van der Waals surface area contributed by atoms with Crippen molar-refractivity contribution < 1.29 is 4.79 Å². The Morgan fingerprint density at radius 1 is 1.33 bits per heavy atom. The van der Waals surface area contributed by atoms with Crippen molar-refractivity contribution in [2.45, 2.75) is 38.0 Å². The van der Waals surface area contributed by atoms with Crippen LogP contribution in [0.15, 0.2) is 42.7 Å². The first kappa shape index (κ1) is 22.1. The molecule has 3 heterocycles. The quantitative estimate of drug-likeness (QED) is 0.385. The molecule has 2 aliphatic rings. The van der Waals surface area contributed by atoms with Crippen LogP contribution in [-0.4, -0.2) is 25.9 Å². The highest BCUT2D eigenvalue weighted by Crippen LogP contribution is 2.36. The van der Waals surface area contributed by atoms with E-state index in [2.05, 4.69) is 26.5 Å². The van der Waals surface area contributed by atoms with Crippen molar-refractivity contribution in [3.8, 4) is 16.6 Å². The summed E-state index contributed by atoms with van der Waals surface area (Å²) in [5, 5.41) is 14.9. The van der Waals surface area contributed by atoms with Crippen LogP contribution in [0.2, 0.25) is 0 Å². The van der Waals surface area contributed by atoms with Crippen LogP contribution in [0.4, 0.5) is 0 Å². The fourth-order valence-corrected chi connectivity index (χ4v) is 7.70. The maximum absolute atomic E-state index is 13.0. The molecule has 0 bridgehead atoms. The Morgan fingerprint density at radius 2 is 2.24 bits per heavy atom. The Morgan fingerprint density at radius 3 is 3.06 bits per heavy atom. The predicted molar refractivity (Wildman–Crippen MR) is 142 cm³/mol. The number of benzene rings is 1. The first-order valence-corrected chi connectivity index (χ1v) is 14.1. The van der Waals surface area contributed by atoms with E-state index in [-0.39, 0.29) is 26.6 Å². The van der Waals surface area contributed by atoms with Gasteiger partial charge in [-0.05, 0) is 71.7 Å². The van der Waals surface area contributed by atoms with Crippen molar-refractivity contribution in [3.63, 3.8) is 0 Å². The standard InChI is InChI=1S/C26H23IN4OS/c1-26(16-28)9-3-2-5-17-7-8-18(11-21(17)26)24(32)30-15-20-12-22-23(13-27-20)33-25(31-22)19-6-4-10-29-14-19/h4,6-8,10-14H,2-3,5,9,15H2,1H3,(H,30,32)/t26-/m0/s1. The summed E-state index contributed by atoms with van der Waals surface area (Å²) >= 11 is 1.39. The van der Waals surface area contributed by atoms with E-state index >= 15 is 0 Å². The molecule has 2 aromatic heterocycles. The molecule has 1 amide bonds. The van der Waals surface area contributed by atoms with E-state index in [4.69, 9.17) is 4.98 Å². The lowest BCUT2D eigenvalue weighted by Gasteiger charge is -2.23. The Kier molecular flexibility index (Phi) is 6.21. The van der Waals surface area contributed by atoms with Crippen molar-refractivity contribution in [1.82, 2.24) is 15.3 Å². The van der Waals surface area contributed by atoms with E-state index < -0.39 is 5.41 Å².